The molecule has 4 atom stereocenters. The van der Waals surface area contributed by atoms with Crippen LogP contribution in [0.3, 0.4) is 0 Å². The van der Waals surface area contributed by atoms with Crippen LogP contribution in [0.5, 0.6) is 5.75 Å². The Bertz CT molecular complexity index is 902. The lowest BCUT2D eigenvalue weighted by molar-refractivity contribution is -0.0579. The topological polar surface area (TPSA) is 89.1 Å². The predicted octanol–water partition coefficient (Wildman–Crippen LogP) is 3.32. The fourth-order valence-electron chi connectivity index (χ4n) is 3.38. The number of methoxy groups -OCH3 is 1. The summed E-state index contributed by atoms with van der Waals surface area (Å²) in [6.07, 6.45) is 11.1. The van der Waals surface area contributed by atoms with Crippen molar-refractivity contribution in [3.8, 4) is 5.75 Å². The zero-order chi connectivity index (χ0) is 21.8. The molecule has 1 fully saturated rings. The highest BCUT2D eigenvalue weighted by atomic mass is 16.6. The number of hydrogen-bond donors (Lipinski definition) is 2. The van der Waals surface area contributed by atoms with E-state index in [0.717, 1.165) is 11.1 Å². The van der Waals surface area contributed by atoms with Crippen LogP contribution in [-0.4, -0.2) is 40.7 Å². The highest BCUT2D eigenvalue weighted by molar-refractivity contribution is 5.52. The Labute approximate surface area is 171 Å². The number of rotatable bonds is 6. The molecule has 0 spiro atoms. The van der Waals surface area contributed by atoms with Crippen molar-refractivity contribution in [2.24, 2.45) is 0 Å². The van der Waals surface area contributed by atoms with Crippen LogP contribution in [0, 0.1) is 6.92 Å². The van der Waals surface area contributed by atoms with Gasteiger partial charge in [0.15, 0.2) is 0 Å². The van der Waals surface area contributed by atoms with Gasteiger partial charge in [-0.25, -0.2) is 4.79 Å². The normalized spacial score (nSPS) is 30.8. The summed E-state index contributed by atoms with van der Waals surface area (Å²) in [6.45, 7) is 8.79. The molecule has 1 aromatic heterocycles. The number of allylic oxidation sites excluding steroid dienone is 6. The van der Waals surface area contributed by atoms with Gasteiger partial charge >= 0.3 is 5.63 Å². The molecule has 2 rings (SSSR count). The van der Waals surface area contributed by atoms with Crippen LogP contribution in [-0.2, 0) is 4.74 Å². The number of ether oxygens (including phenoxy) is 2. The lowest BCUT2D eigenvalue weighted by atomic mass is 9.86. The molecule has 1 aliphatic rings. The van der Waals surface area contributed by atoms with Crippen LogP contribution in [0.25, 0.3) is 6.08 Å². The Kier molecular flexibility index (Phi) is 7.06. The summed E-state index contributed by atoms with van der Waals surface area (Å²) in [6, 6.07) is 1.31. The van der Waals surface area contributed by atoms with Gasteiger partial charge in [0, 0.05) is 5.56 Å². The van der Waals surface area contributed by atoms with Crippen LogP contribution in [0.15, 0.2) is 57.3 Å². The molecular formula is C23H30O6. The van der Waals surface area contributed by atoms with Gasteiger partial charge in [0.05, 0.1) is 19.3 Å². The maximum atomic E-state index is 11.5. The quantitative estimate of drug-likeness (QED) is 0.710. The Morgan fingerprint density at radius 3 is 2.48 bits per heavy atom. The van der Waals surface area contributed by atoms with Crippen molar-refractivity contribution in [3.63, 3.8) is 0 Å². The van der Waals surface area contributed by atoms with E-state index in [1.54, 1.807) is 39.0 Å². The molecule has 1 saturated heterocycles. The zero-order valence-corrected chi connectivity index (χ0v) is 17.8. The fraction of sp³-hybridized carbons (Fsp3) is 0.435. The third-order valence-corrected chi connectivity index (χ3v) is 5.22. The summed E-state index contributed by atoms with van der Waals surface area (Å²) >= 11 is 0. The van der Waals surface area contributed by atoms with E-state index in [-0.39, 0.29) is 0 Å². The van der Waals surface area contributed by atoms with Crippen molar-refractivity contribution in [1.29, 1.82) is 0 Å². The molecule has 2 heterocycles. The van der Waals surface area contributed by atoms with Gasteiger partial charge in [0.25, 0.3) is 0 Å². The molecule has 0 amide bonds. The molecule has 29 heavy (non-hydrogen) atoms. The van der Waals surface area contributed by atoms with E-state index in [2.05, 4.69) is 0 Å². The third-order valence-electron chi connectivity index (χ3n) is 5.22. The Morgan fingerprint density at radius 1 is 1.24 bits per heavy atom. The fourth-order valence-corrected chi connectivity index (χ4v) is 3.38. The molecule has 1 aromatic rings. The maximum Gasteiger partial charge on any atom is 0.339 e. The maximum absolute atomic E-state index is 11.5. The average Bonchev–Trinajstić information content (AvgIpc) is 2.79. The first-order valence-electron chi connectivity index (χ1n) is 9.49. The Balaban J connectivity index is 2.04. The van der Waals surface area contributed by atoms with Crippen LogP contribution in [0.4, 0.5) is 0 Å². The first kappa shape index (κ1) is 22.9. The van der Waals surface area contributed by atoms with E-state index >= 15 is 0 Å². The molecule has 0 bridgehead atoms. The Morgan fingerprint density at radius 2 is 1.90 bits per heavy atom. The summed E-state index contributed by atoms with van der Waals surface area (Å²) in [4.78, 5) is 11.5. The van der Waals surface area contributed by atoms with Gasteiger partial charge in [-0.05, 0) is 46.8 Å². The lowest BCUT2D eigenvalue weighted by Crippen LogP contribution is -2.47. The number of aliphatic hydroxyl groups excluding tert-OH is 1. The van der Waals surface area contributed by atoms with Gasteiger partial charge in [-0.1, -0.05) is 36.0 Å². The van der Waals surface area contributed by atoms with E-state index in [1.807, 2.05) is 38.2 Å². The van der Waals surface area contributed by atoms with E-state index in [0.29, 0.717) is 11.5 Å². The van der Waals surface area contributed by atoms with E-state index in [4.69, 9.17) is 13.9 Å². The van der Waals surface area contributed by atoms with Gasteiger partial charge in [-0.2, -0.15) is 0 Å². The molecule has 0 aliphatic carbocycles. The van der Waals surface area contributed by atoms with Gasteiger partial charge in [-0.3, -0.25) is 0 Å². The van der Waals surface area contributed by atoms with Crippen molar-refractivity contribution in [1.82, 2.24) is 0 Å². The smallest absolute Gasteiger partial charge is 0.339 e. The lowest BCUT2D eigenvalue weighted by Gasteiger charge is -2.28. The molecule has 0 saturated carbocycles. The van der Waals surface area contributed by atoms with Crippen molar-refractivity contribution in [2.45, 2.75) is 58.0 Å². The van der Waals surface area contributed by atoms with Gasteiger partial charge in [0.1, 0.15) is 28.8 Å². The van der Waals surface area contributed by atoms with E-state index in [9.17, 15) is 15.0 Å². The molecule has 2 N–H and O–H groups in total. The summed E-state index contributed by atoms with van der Waals surface area (Å²) < 4.78 is 16.1. The third kappa shape index (κ3) is 5.15. The minimum absolute atomic E-state index is 0.445. The second-order valence-electron chi connectivity index (χ2n) is 7.69. The second kappa shape index (κ2) is 8.95. The molecule has 0 radical (unpaired) electrons. The van der Waals surface area contributed by atoms with Crippen LogP contribution < -0.4 is 10.4 Å². The van der Waals surface area contributed by atoms with E-state index < -0.39 is 29.0 Å². The summed E-state index contributed by atoms with van der Waals surface area (Å²) in [5.74, 6) is 0.934. The molecule has 0 aromatic carbocycles. The van der Waals surface area contributed by atoms with E-state index in [1.165, 1.54) is 13.2 Å². The molecular weight excluding hydrogens is 372 g/mol. The summed E-state index contributed by atoms with van der Waals surface area (Å²) in [7, 11) is 1.51. The zero-order valence-electron chi connectivity index (χ0n) is 17.8. The SMILES string of the molecule is COc1cc(=O)oc(C=CC=CC=C/C(C)=C\[C@]2(C)O[C@H](C)[C@](C)(O)[C@H]2O)c1C. The first-order valence-corrected chi connectivity index (χ1v) is 9.49. The van der Waals surface area contributed by atoms with Crippen LogP contribution >= 0.6 is 0 Å². The summed E-state index contributed by atoms with van der Waals surface area (Å²) in [5.41, 5.74) is -1.08. The molecule has 1 aliphatic heterocycles. The van der Waals surface area contributed by atoms with Crippen molar-refractivity contribution >= 4 is 6.08 Å². The van der Waals surface area contributed by atoms with Crippen molar-refractivity contribution in [3.05, 3.63) is 69.8 Å². The number of aliphatic hydroxyl groups is 2. The summed E-state index contributed by atoms with van der Waals surface area (Å²) in [5, 5.41) is 20.8. The average molecular weight is 402 g/mol. The second-order valence-corrected chi connectivity index (χ2v) is 7.69. The minimum Gasteiger partial charge on any atom is -0.496 e. The van der Waals surface area contributed by atoms with Gasteiger partial charge in [0.2, 0.25) is 0 Å². The molecule has 6 heteroatoms. The monoisotopic (exact) mass is 402 g/mol. The molecule has 0 unspecified atom stereocenters. The molecule has 6 nitrogen and oxygen atoms in total. The largest absolute Gasteiger partial charge is 0.496 e. The highest BCUT2D eigenvalue weighted by Gasteiger charge is 2.55. The first-order chi connectivity index (χ1) is 13.5. The van der Waals surface area contributed by atoms with Crippen LogP contribution in [0.2, 0.25) is 0 Å². The highest BCUT2D eigenvalue weighted by Crippen LogP contribution is 2.39. The minimum atomic E-state index is -1.30. The predicted molar refractivity (Wildman–Crippen MR) is 113 cm³/mol. The van der Waals surface area contributed by atoms with Crippen molar-refractivity contribution < 1.29 is 24.1 Å². The standard InChI is InChI=1S/C23H30O6/c1-15(14-22(4)21(25)23(5,26)17(3)29-22)11-9-7-8-10-12-18-16(2)19(27-6)13-20(24)28-18/h7-14,17,21,25-26H,1-6H3/b8-7?,11-9?,12-10?,15-14-/t17-,21+,22+,23+/m1/s1. The Hall–Kier alpha value is -2.41. The van der Waals surface area contributed by atoms with Crippen LogP contribution in [0.1, 0.15) is 39.0 Å². The van der Waals surface area contributed by atoms with Gasteiger partial charge in [-0.15, -0.1) is 0 Å². The molecule has 158 valence electrons. The number of hydrogen-bond acceptors (Lipinski definition) is 6. The van der Waals surface area contributed by atoms with Gasteiger partial charge < -0.3 is 24.1 Å². The van der Waals surface area contributed by atoms with Crippen molar-refractivity contribution in [2.75, 3.05) is 7.11 Å².